The Hall–Kier alpha value is -0.680. The summed E-state index contributed by atoms with van der Waals surface area (Å²) in [4.78, 5) is 2.07. The predicted molar refractivity (Wildman–Crippen MR) is 74.8 cm³/mol. The van der Waals surface area contributed by atoms with Crippen molar-refractivity contribution in [2.75, 3.05) is 19.7 Å². The molecule has 0 unspecified atom stereocenters. The minimum absolute atomic E-state index is 0.0365. The molecule has 0 spiro atoms. The average molecular weight is 334 g/mol. The molecule has 0 aromatic heterocycles. The standard InChI is InChI=1S/C14H18BrF2NO/c1-2-19-13-4-3-11(9-12(13)15)10-18-7-5-14(16,17)6-8-18/h3-4,9H,2,5-8,10H2,1H3. The average Bonchev–Trinajstić information content (AvgIpc) is 2.35. The number of piperidine rings is 1. The van der Waals surface area contributed by atoms with E-state index in [0.717, 1.165) is 15.8 Å². The fourth-order valence-electron chi connectivity index (χ4n) is 2.21. The first kappa shape index (κ1) is 14.7. The second kappa shape index (κ2) is 6.18. The van der Waals surface area contributed by atoms with Gasteiger partial charge in [0, 0.05) is 32.5 Å². The lowest BCUT2D eigenvalue weighted by Crippen LogP contribution is -2.38. The van der Waals surface area contributed by atoms with Crippen LogP contribution in [0, 0.1) is 0 Å². The van der Waals surface area contributed by atoms with Gasteiger partial charge in [-0.2, -0.15) is 0 Å². The Morgan fingerprint density at radius 2 is 2.00 bits per heavy atom. The summed E-state index contributed by atoms with van der Waals surface area (Å²) >= 11 is 3.47. The summed E-state index contributed by atoms with van der Waals surface area (Å²) in [5, 5.41) is 0. The second-order valence-electron chi connectivity index (χ2n) is 4.83. The normalized spacial score (nSPS) is 19.4. The van der Waals surface area contributed by atoms with E-state index in [2.05, 4.69) is 20.8 Å². The zero-order chi connectivity index (χ0) is 13.9. The summed E-state index contributed by atoms with van der Waals surface area (Å²) in [5.74, 6) is -1.66. The SMILES string of the molecule is CCOc1ccc(CN2CCC(F)(F)CC2)cc1Br. The smallest absolute Gasteiger partial charge is 0.250 e. The maximum atomic E-state index is 13.1. The summed E-state index contributed by atoms with van der Waals surface area (Å²) in [7, 11) is 0. The van der Waals surface area contributed by atoms with Crippen LogP contribution in [0.15, 0.2) is 22.7 Å². The molecule has 0 radical (unpaired) electrons. The molecule has 0 amide bonds. The van der Waals surface area contributed by atoms with Crippen molar-refractivity contribution in [1.29, 1.82) is 0 Å². The molecule has 1 heterocycles. The van der Waals surface area contributed by atoms with E-state index in [4.69, 9.17) is 4.74 Å². The highest BCUT2D eigenvalue weighted by Gasteiger charge is 2.33. The molecule has 5 heteroatoms. The lowest BCUT2D eigenvalue weighted by atomic mass is 10.1. The van der Waals surface area contributed by atoms with Crippen LogP contribution in [0.4, 0.5) is 8.78 Å². The van der Waals surface area contributed by atoms with E-state index in [0.29, 0.717) is 26.2 Å². The maximum Gasteiger partial charge on any atom is 0.250 e. The fourth-order valence-corrected chi connectivity index (χ4v) is 2.75. The summed E-state index contributed by atoms with van der Waals surface area (Å²) < 4.78 is 32.5. The number of hydrogen-bond donors (Lipinski definition) is 0. The summed E-state index contributed by atoms with van der Waals surface area (Å²) in [6, 6.07) is 5.90. The van der Waals surface area contributed by atoms with Crippen LogP contribution in [0.2, 0.25) is 0 Å². The zero-order valence-electron chi connectivity index (χ0n) is 11.0. The highest BCUT2D eigenvalue weighted by molar-refractivity contribution is 9.10. The van der Waals surface area contributed by atoms with Gasteiger partial charge in [-0.05, 0) is 40.5 Å². The Bertz CT molecular complexity index is 429. The van der Waals surface area contributed by atoms with Crippen molar-refractivity contribution in [2.45, 2.75) is 32.2 Å². The molecule has 0 aliphatic carbocycles. The highest BCUT2D eigenvalue weighted by atomic mass is 79.9. The second-order valence-corrected chi connectivity index (χ2v) is 5.68. The van der Waals surface area contributed by atoms with Gasteiger partial charge in [-0.25, -0.2) is 8.78 Å². The lowest BCUT2D eigenvalue weighted by molar-refractivity contribution is -0.0566. The number of alkyl halides is 2. The molecule has 1 aliphatic heterocycles. The number of nitrogens with zero attached hydrogens (tertiary/aromatic N) is 1. The van der Waals surface area contributed by atoms with Crippen molar-refractivity contribution in [1.82, 2.24) is 4.90 Å². The van der Waals surface area contributed by atoms with Crippen LogP contribution in [0.5, 0.6) is 5.75 Å². The van der Waals surface area contributed by atoms with E-state index < -0.39 is 5.92 Å². The first-order valence-electron chi connectivity index (χ1n) is 6.51. The van der Waals surface area contributed by atoms with Crippen LogP contribution in [0.1, 0.15) is 25.3 Å². The van der Waals surface area contributed by atoms with E-state index in [9.17, 15) is 8.78 Å². The van der Waals surface area contributed by atoms with Gasteiger partial charge < -0.3 is 4.74 Å². The highest BCUT2D eigenvalue weighted by Crippen LogP contribution is 2.30. The molecule has 2 rings (SSSR count). The predicted octanol–water partition coefficient (Wildman–Crippen LogP) is 4.08. The van der Waals surface area contributed by atoms with E-state index in [1.54, 1.807) is 0 Å². The largest absolute Gasteiger partial charge is 0.493 e. The molecule has 1 aliphatic rings. The number of ether oxygens (including phenoxy) is 1. The van der Waals surface area contributed by atoms with Crippen molar-refractivity contribution in [3.63, 3.8) is 0 Å². The maximum absolute atomic E-state index is 13.1. The molecule has 19 heavy (non-hydrogen) atoms. The topological polar surface area (TPSA) is 12.5 Å². The fraction of sp³-hybridized carbons (Fsp3) is 0.571. The first-order valence-corrected chi connectivity index (χ1v) is 7.31. The van der Waals surface area contributed by atoms with Gasteiger partial charge in [-0.15, -0.1) is 0 Å². The molecule has 0 atom stereocenters. The molecular formula is C14H18BrF2NO. The van der Waals surface area contributed by atoms with Gasteiger partial charge in [-0.3, -0.25) is 4.90 Å². The van der Waals surface area contributed by atoms with Gasteiger partial charge in [-0.1, -0.05) is 6.07 Å². The van der Waals surface area contributed by atoms with Gasteiger partial charge in [0.05, 0.1) is 11.1 Å². The van der Waals surface area contributed by atoms with Gasteiger partial charge in [0.2, 0.25) is 0 Å². The minimum Gasteiger partial charge on any atom is -0.493 e. The van der Waals surface area contributed by atoms with Crippen LogP contribution in [0.3, 0.4) is 0 Å². The number of benzene rings is 1. The Morgan fingerprint density at radius 3 is 2.58 bits per heavy atom. The number of hydrogen-bond acceptors (Lipinski definition) is 2. The van der Waals surface area contributed by atoms with Crippen molar-refractivity contribution in [3.8, 4) is 5.75 Å². The van der Waals surface area contributed by atoms with Crippen molar-refractivity contribution >= 4 is 15.9 Å². The molecule has 106 valence electrons. The third-order valence-corrected chi connectivity index (χ3v) is 3.91. The number of halogens is 3. The summed E-state index contributed by atoms with van der Waals surface area (Å²) in [5.41, 5.74) is 1.11. The third kappa shape index (κ3) is 4.14. The molecule has 1 saturated heterocycles. The van der Waals surface area contributed by atoms with E-state index in [-0.39, 0.29) is 12.8 Å². The van der Waals surface area contributed by atoms with Crippen LogP contribution in [0.25, 0.3) is 0 Å². The number of likely N-dealkylation sites (tertiary alicyclic amines) is 1. The number of rotatable bonds is 4. The summed E-state index contributed by atoms with van der Waals surface area (Å²) in [6.07, 6.45) is -0.0730. The van der Waals surface area contributed by atoms with Gasteiger partial charge in [0.25, 0.3) is 5.92 Å². The molecule has 0 saturated carbocycles. The van der Waals surface area contributed by atoms with Gasteiger partial charge in [0.1, 0.15) is 5.75 Å². The van der Waals surface area contributed by atoms with Crippen molar-refractivity contribution in [2.24, 2.45) is 0 Å². The van der Waals surface area contributed by atoms with Crippen molar-refractivity contribution in [3.05, 3.63) is 28.2 Å². The van der Waals surface area contributed by atoms with Crippen LogP contribution in [-0.2, 0) is 6.54 Å². The quantitative estimate of drug-likeness (QED) is 0.823. The molecule has 0 bridgehead atoms. The van der Waals surface area contributed by atoms with E-state index in [1.807, 2.05) is 25.1 Å². The Morgan fingerprint density at radius 1 is 1.32 bits per heavy atom. The molecule has 0 N–H and O–H groups in total. The monoisotopic (exact) mass is 333 g/mol. The lowest BCUT2D eigenvalue weighted by Gasteiger charge is -2.31. The van der Waals surface area contributed by atoms with Gasteiger partial charge >= 0.3 is 0 Å². The van der Waals surface area contributed by atoms with Crippen LogP contribution >= 0.6 is 15.9 Å². The molecule has 1 aromatic rings. The first-order chi connectivity index (χ1) is 9.00. The van der Waals surface area contributed by atoms with Gasteiger partial charge in [0.15, 0.2) is 0 Å². The Kier molecular flexibility index (Phi) is 4.79. The van der Waals surface area contributed by atoms with E-state index in [1.165, 1.54) is 0 Å². The van der Waals surface area contributed by atoms with Crippen molar-refractivity contribution < 1.29 is 13.5 Å². The van der Waals surface area contributed by atoms with Crippen LogP contribution < -0.4 is 4.74 Å². The molecular weight excluding hydrogens is 316 g/mol. The third-order valence-electron chi connectivity index (χ3n) is 3.29. The Balaban J connectivity index is 1.95. The summed E-state index contributed by atoms with van der Waals surface area (Å²) in [6.45, 7) is 4.18. The molecule has 2 nitrogen and oxygen atoms in total. The minimum atomic E-state index is -2.48. The van der Waals surface area contributed by atoms with E-state index >= 15 is 0 Å². The van der Waals surface area contributed by atoms with Crippen LogP contribution in [-0.4, -0.2) is 30.5 Å². The zero-order valence-corrected chi connectivity index (χ0v) is 12.6. The molecule has 1 aromatic carbocycles. The Labute approximate surface area is 120 Å². The molecule has 1 fully saturated rings.